The second-order valence-electron chi connectivity index (χ2n) is 7.18. The number of pyridine rings is 1. The van der Waals surface area contributed by atoms with Crippen LogP contribution in [-0.4, -0.2) is 40.2 Å². The Balaban J connectivity index is 1.44. The summed E-state index contributed by atoms with van der Waals surface area (Å²) in [5.41, 5.74) is 2.25. The van der Waals surface area contributed by atoms with Gasteiger partial charge in [0.25, 0.3) is 0 Å². The number of guanidine groups is 1. The van der Waals surface area contributed by atoms with Gasteiger partial charge in [-0.3, -0.25) is 4.57 Å². The van der Waals surface area contributed by atoms with Crippen molar-refractivity contribution in [2.75, 3.05) is 19.7 Å². The van der Waals surface area contributed by atoms with Crippen molar-refractivity contribution in [1.82, 2.24) is 25.2 Å². The molecule has 2 aromatic heterocycles. The molecular formula is C23H30N6O. The molecule has 0 saturated heterocycles. The van der Waals surface area contributed by atoms with Crippen molar-refractivity contribution in [3.63, 3.8) is 0 Å². The third-order valence-electron chi connectivity index (χ3n) is 4.47. The number of hydrogen-bond acceptors (Lipinski definition) is 4. The molecule has 0 saturated carbocycles. The van der Waals surface area contributed by atoms with E-state index in [0.29, 0.717) is 25.7 Å². The van der Waals surface area contributed by atoms with E-state index in [9.17, 15) is 0 Å². The molecule has 2 heterocycles. The smallest absolute Gasteiger partial charge is 0.191 e. The van der Waals surface area contributed by atoms with Crippen LogP contribution in [-0.2, 0) is 17.9 Å². The van der Waals surface area contributed by atoms with Gasteiger partial charge in [0.2, 0.25) is 0 Å². The summed E-state index contributed by atoms with van der Waals surface area (Å²) >= 11 is 0. The van der Waals surface area contributed by atoms with E-state index in [1.807, 2.05) is 47.3 Å². The summed E-state index contributed by atoms with van der Waals surface area (Å²) in [7, 11) is 0. The molecule has 0 bridgehead atoms. The van der Waals surface area contributed by atoms with Crippen LogP contribution in [0.2, 0.25) is 0 Å². The zero-order valence-electron chi connectivity index (χ0n) is 17.7. The minimum absolute atomic E-state index is 0.369. The third kappa shape index (κ3) is 7.00. The molecule has 30 heavy (non-hydrogen) atoms. The fraction of sp³-hybridized carbons (Fsp3) is 0.348. The quantitative estimate of drug-likeness (QED) is 0.399. The van der Waals surface area contributed by atoms with Gasteiger partial charge in [0.15, 0.2) is 5.96 Å². The lowest BCUT2D eigenvalue weighted by Gasteiger charge is -2.16. The monoisotopic (exact) mass is 406 g/mol. The fourth-order valence-electron chi connectivity index (χ4n) is 2.85. The van der Waals surface area contributed by atoms with Gasteiger partial charge in [0.05, 0.1) is 19.8 Å². The first-order valence-electron chi connectivity index (χ1n) is 10.3. The van der Waals surface area contributed by atoms with Crippen molar-refractivity contribution in [2.24, 2.45) is 10.9 Å². The van der Waals surface area contributed by atoms with Gasteiger partial charge < -0.3 is 15.4 Å². The Kier molecular flexibility index (Phi) is 8.41. The predicted molar refractivity (Wildman–Crippen MR) is 119 cm³/mol. The zero-order valence-corrected chi connectivity index (χ0v) is 17.7. The lowest BCUT2D eigenvalue weighted by Crippen LogP contribution is -2.40. The van der Waals surface area contributed by atoms with Crippen molar-refractivity contribution in [1.29, 1.82) is 0 Å². The average Bonchev–Trinajstić information content (AvgIpc) is 3.32. The van der Waals surface area contributed by atoms with Crippen LogP contribution in [0.5, 0.6) is 0 Å². The second-order valence-corrected chi connectivity index (χ2v) is 7.18. The SMILES string of the molecule is CCNC(=NCc1ccc(-n2ccnc2)nc1)NCC(C)COCc1ccccc1. The summed E-state index contributed by atoms with van der Waals surface area (Å²) in [6, 6.07) is 14.2. The van der Waals surface area contributed by atoms with E-state index in [1.165, 1.54) is 5.56 Å². The molecule has 1 atom stereocenters. The van der Waals surface area contributed by atoms with Crippen molar-refractivity contribution in [3.8, 4) is 5.82 Å². The highest BCUT2D eigenvalue weighted by atomic mass is 16.5. The lowest BCUT2D eigenvalue weighted by molar-refractivity contribution is 0.0931. The van der Waals surface area contributed by atoms with Gasteiger partial charge in [0, 0.05) is 31.7 Å². The Bertz CT molecular complexity index is 878. The molecule has 158 valence electrons. The van der Waals surface area contributed by atoms with Gasteiger partial charge in [-0.15, -0.1) is 0 Å². The molecule has 0 amide bonds. The van der Waals surface area contributed by atoms with E-state index in [4.69, 9.17) is 4.74 Å². The van der Waals surface area contributed by atoms with Crippen LogP contribution in [0.25, 0.3) is 5.82 Å². The molecule has 0 aliphatic carbocycles. The summed E-state index contributed by atoms with van der Waals surface area (Å²) < 4.78 is 7.70. The number of aliphatic imine (C=N–C) groups is 1. The Morgan fingerprint density at radius 3 is 2.70 bits per heavy atom. The fourth-order valence-corrected chi connectivity index (χ4v) is 2.85. The van der Waals surface area contributed by atoms with Crippen molar-refractivity contribution < 1.29 is 4.74 Å². The predicted octanol–water partition coefficient (Wildman–Crippen LogP) is 3.18. The van der Waals surface area contributed by atoms with Gasteiger partial charge in [-0.2, -0.15) is 0 Å². The van der Waals surface area contributed by atoms with E-state index in [0.717, 1.165) is 30.4 Å². The molecule has 0 spiro atoms. The van der Waals surface area contributed by atoms with E-state index in [-0.39, 0.29) is 0 Å². The number of rotatable bonds is 10. The molecule has 7 heteroatoms. The van der Waals surface area contributed by atoms with Crippen molar-refractivity contribution in [3.05, 3.63) is 78.5 Å². The molecule has 0 aliphatic rings. The number of ether oxygens (including phenoxy) is 1. The first-order chi connectivity index (χ1) is 14.7. The molecule has 0 fully saturated rings. The summed E-state index contributed by atoms with van der Waals surface area (Å²) in [6.07, 6.45) is 7.20. The third-order valence-corrected chi connectivity index (χ3v) is 4.47. The normalized spacial score (nSPS) is 12.5. The number of nitrogens with zero attached hydrogens (tertiary/aromatic N) is 4. The number of hydrogen-bond donors (Lipinski definition) is 2. The molecule has 1 aromatic carbocycles. The Morgan fingerprint density at radius 2 is 2.00 bits per heavy atom. The highest BCUT2D eigenvalue weighted by molar-refractivity contribution is 5.79. The van der Waals surface area contributed by atoms with E-state index < -0.39 is 0 Å². The van der Waals surface area contributed by atoms with Crippen LogP contribution in [0, 0.1) is 5.92 Å². The number of aromatic nitrogens is 3. The highest BCUT2D eigenvalue weighted by Crippen LogP contribution is 2.06. The van der Waals surface area contributed by atoms with Gasteiger partial charge in [-0.1, -0.05) is 43.3 Å². The Hall–Kier alpha value is -3.19. The lowest BCUT2D eigenvalue weighted by atomic mass is 10.2. The Labute approximate surface area is 178 Å². The first-order valence-corrected chi connectivity index (χ1v) is 10.3. The Morgan fingerprint density at radius 1 is 1.13 bits per heavy atom. The van der Waals surface area contributed by atoms with E-state index in [1.54, 1.807) is 12.5 Å². The maximum Gasteiger partial charge on any atom is 0.191 e. The molecular weight excluding hydrogens is 376 g/mol. The summed E-state index contributed by atoms with van der Waals surface area (Å²) in [5, 5.41) is 6.69. The molecule has 0 radical (unpaired) electrons. The van der Waals surface area contributed by atoms with Gasteiger partial charge in [0.1, 0.15) is 12.1 Å². The van der Waals surface area contributed by atoms with Crippen LogP contribution in [0.3, 0.4) is 0 Å². The van der Waals surface area contributed by atoms with Crippen molar-refractivity contribution in [2.45, 2.75) is 27.0 Å². The number of imidazole rings is 1. The molecule has 1 unspecified atom stereocenters. The number of benzene rings is 1. The molecule has 3 aromatic rings. The number of nitrogens with one attached hydrogen (secondary N) is 2. The van der Waals surface area contributed by atoms with Crippen LogP contribution in [0.1, 0.15) is 25.0 Å². The van der Waals surface area contributed by atoms with Gasteiger partial charge >= 0.3 is 0 Å². The van der Waals surface area contributed by atoms with Crippen molar-refractivity contribution >= 4 is 5.96 Å². The highest BCUT2D eigenvalue weighted by Gasteiger charge is 2.05. The van der Waals surface area contributed by atoms with Gasteiger partial charge in [-0.05, 0) is 30.0 Å². The average molecular weight is 407 g/mol. The minimum atomic E-state index is 0.369. The maximum absolute atomic E-state index is 5.83. The second kappa shape index (κ2) is 11.7. The molecule has 3 rings (SSSR count). The molecule has 2 N–H and O–H groups in total. The van der Waals surface area contributed by atoms with Crippen LogP contribution >= 0.6 is 0 Å². The first kappa shape index (κ1) is 21.5. The van der Waals surface area contributed by atoms with Crippen LogP contribution in [0.15, 0.2) is 72.4 Å². The zero-order chi connectivity index (χ0) is 21.0. The minimum Gasteiger partial charge on any atom is -0.376 e. The summed E-state index contributed by atoms with van der Waals surface area (Å²) in [6.45, 7) is 7.72. The molecule has 7 nitrogen and oxygen atoms in total. The molecule has 0 aliphatic heterocycles. The maximum atomic E-state index is 5.83. The standard InChI is InChI=1S/C23H30N6O/c1-3-25-23(27-13-19(2)16-30-17-20-7-5-4-6-8-20)28-15-21-9-10-22(26-14-21)29-12-11-24-18-29/h4-12,14,18-19H,3,13,15-17H2,1-2H3,(H2,25,27,28). The van der Waals surface area contributed by atoms with E-state index in [2.05, 4.69) is 51.6 Å². The van der Waals surface area contributed by atoms with Gasteiger partial charge in [-0.25, -0.2) is 15.0 Å². The van der Waals surface area contributed by atoms with Crippen LogP contribution in [0.4, 0.5) is 0 Å². The summed E-state index contributed by atoms with van der Waals surface area (Å²) in [4.78, 5) is 13.2. The van der Waals surface area contributed by atoms with E-state index >= 15 is 0 Å². The summed E-state index contributed by atoms with van der Waals surface area (Å²) in [5.74, 6) is 2.01. The largest absolute Gasteiger partial charge is 0.376 e. The van der Waals surface area contributed by atoms with Crippen LogP contribution < -0.4 is 10.6 Å². The topological polar surface area (TPSA) is 76.4 Å².